The lowest BCUT2D eigenvalue weighted by Crippen LogP contribution is -2.28. The minimum Gasteiger partial charge on any atom is -0.478 e. The zero-order chi connectivity index (χ0) is 20.6. The van der Waals surface area contributed by atoms with Gasteiger partial charge in [0, 0.05) is 5.69 Å². The molecular weight excluding hydrogens is 400 g/mol. The molecule has 1 amide bonds. The number of anilines is 2. The zero-order valence-electron chi connectivity index (χ0n) is 14.5. The smallest absolute Gasteiger partial charge is 0.335 e. The van der Waals surface area contributed by atoms with Crippen LogP contribution in [0.2, 0.25) is 0 Å². The third-order valence-electron chi connectivity index (χ3n) is 4.10. The van der Waals surface area contributed by atoms with Crippen molar-refractivity contribution in [1.82, 2.24) is 0 Å². The summed E-state index contributed by atoms with van der Waals surface area (Å²) in [7, 11) is 0. The van der Waals surface area contributed by atoms with E-state index in [1.54, 1.807) is 25.1 Å². The van der Waals surface area contributed by atoms with E-state index < -0.39 is 17.8 Å². The van der Waals surface area contributed by atoms with Gasteiger partial charge in [0.1, 0.15) is 0 Å². The number of carboxylic acid groups (broad SMARTS) is 2. The van der Waals surface area contributed by atoms with Crippen molar-refractivity contribution in [3.63, 3.8) is 0 Å². The normalized spacial score (nSPS) is 15.7. The molecule has 0 spiro atoms. The van der Waals surface area contributed by atoms with Crippen molar-refractivity contribution in [2.75, 3.05) is 10.6 Å². The molecule has 1 aliphatic rings. The summed E-state index contributed by atoms with van der Waals surface area (Å²) in [5.74, 6) is -3.06. The molecule has 0 atom stereocenters. The van der Waals surface area contributed by atoms with Crippen LogP contribution in [0.5, 0.6) is 0 Å². The molecule has 3 rings (SSSR count). The minimum absolute atomic E-state index is 0.0928. The van der Waals surface area contributed by atoms with Crippen LogP contribution >= 0.6 is 24.0 Å². The summed E-state index contributed by atoms with van der Waals surface area (Å²) < 4.78 is 0.183. The van der Waals surface area contributed by atoms with Crippen molar-refractivity contribution in [2.45, 2.75) is 6.92 Å². The average Bonchev–Trinajstić information content (AvgIpc) is 2.94. The number of nitrogen functional groups attached to an aromatic ring is 1. The number of amides is 1. The van der Waals surface area contributed by atoms with Gasteiger partial charge in [-0.2, -0.15) is 0 Å². The van der Waals surface area contributed by atoms with Crippen molar-refractivity contribution in [3.05, 3.63) is 64.1 Å². The maximum absolute atomic E-state index is 13.0. The van der Waals surface area contributed by atoms with Crippen molar-refractivity contribution in [1.29, 1.82) is 0 Å². The third-order valence-corrected chi connectivity index (χ3v) is 5.57. The van der Waals surface area contributed by atoms with Gasteiger partial charge in [0.05, 0.1) is 21.7 Å². The number of aromatic carboxylic acids is 2. The first kappa shape index (κ1) is 19.6. The quantitative estimate of drug-likeness (QED) is 0.395. The second-order valence-electron chi connectivity index (χ2n) is 5.97. The number of benzene rings is 2. The van der Waals surface area contributed by atoms with Gasteiger partial charge < -0.3 is 15.9 Å². The molecule has 0 unspecified atom stereocenters. The summed E-state index contributed by atoms with van der Waals surface area (Å²) in [5.41, 5.74) is 7.37. The number of carboxylic acids is 2. The molecule has 1 heterocycles. The van der Waals surface area contributed by atoms with Crippen LogP contribution in [-0.4, -0.2) is 32.4 Å². The number of hydrogen-bond acceptors (Lipinski definition) is 6. The Morgan fingerprint density at radius 2 is 1.64 bits per heavy atom. The largest absolute Gasteiger partial charge is 0.478 e. The van der Waals surface area contributed by atoms with Gasteiger partial charge in [0.2, 0.25) is 0 Å². The Labute approximate surface area is 169 Å². The fourth-order valence-electron chi connectivity index (χ4n) is 2.71. The number of thioether (sulfide) groups is 1. The van der Waals surface area contributed by atoms with Gasteiger partial charge in [-0.05, 0) is 48.4 Å². The Morgan fingerprint density at radius 1 is 1.04 bits per heavy atom. The lowest BCUT2D eigenvalue weighted by Gasteiger charge is -2.16. The SMILES string of the molecule is C/C(=C1/SC(=S)N(c2cc(C(=O)O)cc(C(=O)O)c2)C1=O)c1cccc(N)c1. The van der Waals surface area contributed by atoms with Crippen molar-refractivity contribution in [3.8, 4) is 0 Å². The van der Waals surface area contributed by atoms with E-state index in [0.29, 0.717) is 16.2 Å². The molecular formula is C19H14N2O5S2. The molecule has 0 aliphatic carbocycles. The second kappa shape index (κ2) is 7.45. The third kappa shape index (κ3) is 3.62. The Morgan fingerprint density at radius 3 is 2.18 bits per heavy atom. The van der Waals surface area contributed by atoms with Crippen LogP contribution in [0.25, 0.3) is 5.57 Å². The van der Waals surface area contributed by atoms with Crippen molar-refractivity contribution in [2.24, 2.45) is 0 Å². The van der Waals surface area contributed by atoms with Crippen molar-refractivity contribution >= 4 is 63.1 Å². The van der Waals surface area contributed by atoms with E-state index in [1.165, 1.54) is 12.1 Å². The zero-order valence-corrected chi connectivity index (χ0v) is 16.1. The molecule has 1 fully saturated rings. The molecule has 0 bridgehead atoms. The van der Waals surface area contributed by atoms with Crippen LogP contribution in [0.3, 0.4) is 0 Å². The lowest BCUT2D eigenvalue weighted by molar-refractivity contribution is -0.113. The van der Waals surface area contributed by atoms with Crippen molar-refractivity contribution < 1.29 is 24.6 Å². The first-order chi connectivity index (χ1) is 13.2. The van der Waals surface area contributed by atoms with E-state index >= 15 is 0 Å². The Kier molecular flexibility index (Phi) is 5.21. The van der Waals surface area contributed by atoms with Gasteiger partial charge in [-0.3, -0.25) is 9.69 Å². The van der Waals surface area contributed by atoms with E-state index in [-0.39, 0.29) is 21.1 Å². The number of carbonyl (C=O) groups excluding carboxylic acids is 1. The number of allylic oxidation sites excluding steroid dienone is 1. The average molecular weight is 414 g/mol. The van der Waals surface area contributed by atoms with Gasteiger partial charge in [0.25, 0.3) is 5.91 Å². The first-order valence-corrected chi connectivity index (χ1v) is 9.16. The lowest BCUT2D eigenvalue weighted by atomic mass is 10.1. The molecule has 0 radical (unpaired) electrons. The molecule has 1 saturated heterocycles. The molecule has 7 nitrogen and oxygen atoms in total. The topological polar surface area (TPSA) is 121 Å². The Bertz CT molecular complexity index is 1050. The Hall–Kier alpha value is -3.17. The number of nitrogens with two attached hydrogens (primary N) is 1. The van der Waals surface area contributed by atoms with E-state index in [1.807, 2.05) is 6.07 Å². The monoisotopic (exact) mass is 414 g/mol. The van der Waals surface area contributed by atoms with Gasteiger partial charge in [0.15, 0.2) is 4.32 Å². The minimum atomic E-state index is -1.30. The molecule has 0 saturated carbocycles. The molecule has 4 N–H and O–H groups in total. The molecule has 2 aromatic carbocycles. The highest BCUT2D eigenvalue weighted by molar-refractivity contribution is 8.27. The highest BCUT2D eigenvalue weighted by Crippen LogP contribution is 2.39. The van der Waals surface area contributed by atoms with Crippen LogP contribution in [-0.2, 0) is 4.79 Å². The van der Waals surface area contributed by atoms with Gasteiger partial charge in [-0.1, -0.05) is 36.1 Å². The van der Waals surface area contributed by atoms with Crippen LogP contribution in [0, 0.1) is 0 Å². The maximum atomic E-state index is 13.0. The summed E-state index contributed by atoms with van der Waals surface area (Å²) in [4.78, 5) is 37.2. The maximum Gasteiger partial charge on any atom is 0.335 e. The fourth-order valence-corrected chi connectivity index (χ4v) is 4.05. The highest BCUT2D eigenvalue weighted by atomic mass is 32.2. The summed E-state index contributed by atoms with van der Waals surface area (Å²) in [6.07, 6.45) is 0. The van der Waals surface area contributed by atoms with Crippen LogP contribution in [0.1, 0.15) is 33.2 Å². The van der Waals surface area contributed by atoms with Gasteiger partial charge >= 0.3 is 11.9 Å². The number of rotatable bonds is 4. The fraction of sp³-hybridized carbons (Fsp3) is 0.0526. The molecule has 1 aliphatic heterocycles. The number of thiocarbonyl (C=S) groups is 1. The number of carbonyl (C=O) groups is 3. The van der Waals surface area contributed by atoms with E-state index in [9.17, 15) is 24.6 Å². The predicted octanol–water partition coefficient (Wildman–Crippen LogP) is 3.46. The van der Waals surface area contributed by atoms with Gasteiger partial charge in [-0.15, -0.1) is 0 Å². The van der Waals surface area contributed by atoms with E-state index in [0.717, 1.165) is 28.3 Å². The standard InChI is InChI=1S/C19H14N2O5S2/c1-9(10-3-2-4-13(20)6-10)15-16(22)21(19(27)28-15)14-7-11(17(23)24)5-12(8-14)18(25)26/h2-8H,20H2,1H3,(H,23,24)(H,25,26)/b15-9-. The Balaban J connectivity index is 2.09. The highest BCUT2D eigenvalue weighted by Gasteiger charge is 2.35. The van der Waals surface area contributed by atoms with E-state index in [4.69, 9.17) is 18.0 Å². The molecule has 9 heteroatoms. The summed E-state index contributed by atoms with van der Waals surface area (Å²) in [6.45, 7) is 1.76. The van der Waals surface area contributed by atoms with Crippen LogP contribution in [0.15, 0.2) is 47.4 Å². The van der Waals surface area contributed by atoms with E-state index in [2.05, 4.69) is 0 Å². The summed E-state index contributed by atoms with van der Waals surface area (Å²) in [5, 5.41) is 18.5. The predicted molar refractivity (Wildman–Crippen MR) is 111 cm³/mol. The number of nitrogens with zero attached hydrogens (tertiary/aromatic N) is 1. The molecule has 28 heavy (non-hydrogen) atoms. The molecule has 2 aromatic rings. The molecule has 0 aromatic heterocycles. The molecule has 142 valence electrons. The van der Waals surface area contributed by atoms with Crippen LogP contribution in [0.4, 0.5) is 11.4 Å². The first-order valence-electron chi connectivity index (χ1n) is 7.93. The summed E-state index contributed by atoms with van der Waals surface area (Å²) >= 11 is 6.37. The van der Waals surface area contributed by atoms with Crippen LogP contribution < -0.4 is 10.6 Å². The number of hydrogen-bond donors (Lipinski definition) is 3. The second-order valence-corrected chi connectivity index (χ2v) is 7.61. The summed E-state index contributed by atoms with van der Waals surface area (Å²) in [6, 6.07) is 10.5. The van der Waals surface area contributed by atoms with Gasteiger partial charge in [-0.25, -0.2) is 9.59 Å².